The molecule has 4 N–H and O–H groups in total. The van der Waals surface area contributed by atoms with Crippen LogP contribution >= 0.6 is 0 Å². The van der Waals surface area contributed by atoms with Gasteiger partial charge in [0.25, 0.3) is 0 Å². The van der Waals surface area contributed by atoms with Gasteiger partial charge in [-0.1, -0.05) is 0 Å². The molecule has 0 spiro atoms. The molecule has 0 aliphatic heterocycles. The van der Waals surface area contributed by atoms with Crippen LogP contribution < -0.4 is 11.5 Å². The van der Waals surface area contributed by atoms with Crippen molar-refractivity contribution >= 4 is 46.1 Å². The van der Waals surface area contributed by atoms with Crippen LogP contribution in [0.5, 0.6) is 0 Å². The summed E-state index contributed by atoms with van der Waals surface area (Å²) >= 11 is 0. The molecule has 4 heteroatoms. The summed E-state index contributed by atoms with van der Waals surface area (Å²) < 4.78 is 0. The van der Waals surface area contributed by atoms with Crippen molar-refractivity contribution in [1.82, 2.24) is 0 Å². The minimum Gasteiger partial charge on any atom is -1.00 e. The molecule has 0 amide bonds. The van der Waals surface area contributed by atoms with Crippen LogP contribution in [0.3, 0.4) is 0 Å². The molecule has 0 rings (SSSR count). The molecular weight excluding hydrogens is 101 g/mol. The Bertz CT molecular complexity index is 21.2. The van der Waals surface area contributed by atoms with Gasteiger partial charge in [-0.2, -0.15) is 0 Å². The maximum Gasteiger partial charge on any atom is 2.00 e. The molecule has 2 nitrogen and oxygen atoms in total. The van der Waals surface area contributed by atoms with Crippen molar-refractivity contribution in [3.8, 4) is 0 Å². The van der Waals surface area contributed by atoms with Gasteiger partial charge in [0.05, 0.1) is 0 Å². The summed E-state index contributed by atoms with van der Waals surface area (Å²) in [7, 11) is 0. The first kappa shape index (κ1) is 15.7. The summed E-state index contributed by atoms with van der Waals surface area (Å²) in [5.41, 5.74) is 9.81. The van der Waals surface area contributed by atoms with Crippen molar-refractivity contribution in [1.29, 1.82) is 0 Å². The third-order valence-electron chi connectivity index (χ3n) is 0.167. The van der Waals surface area contributed by atoms with E-state index in [1.807, 2.05) is 0 Å². The normalized spacial score (nSPS) is 5.00. The van der Waals surface area contributed by atoms with Gasteiger partial charge < -0.3 is 17.2 Å². The standard InChI is InChI=1S/C2H8N2.2Mg.4H/c3-1-2-4;;;;;;/h1-4H2;;;;;;/q;2*+2;4*-1. The van der Waals surface area contributed by atoms with Crippen LogP contribution in [0.1, 0.15) is 5.71 Å². The third-order valence-corrected chi connectivity index (χ3v) is 0.167. The van der Waals surface area contributed by atoms with Crippen LogP contribution in [0.25, 0.3) is 0 Å². The van der Waals surface area contributed by atoms with Crippen LogP contribution in [0.2, 0.25) is 0 Å². The summed E-state index contributed by atoms with van der Waals surface area (Å²) in [4.78, 5) is 0. The molecule has 0 saturated carbocycles. The fraction of sp³-hybridized carbons (Fsp3) is 1.00. The Morgan fingerprint density at radius 1 is 1.00 bits per heavy atom. The maximum atomic E-state index is 4.90. The van der Waals surface area contributed by atoms with Crippen molar-refractivity contribution in [3.63, 3.8) is 0 Å². The maximum absolute atomic E-state index is 4.90. The van der Waals surface area contributed by atoms with E-state index in [1.165, 1.54) is 0 Å². The quantitative estimate of drug-likeness (QED) is 0.410. The van der Waals surface area contributed by atoms with E-state index in [9.17, 15) is 0 Å². The van der Waals surface area contributed by atoms with E-state index in [0.717, 1.165) is 0 Å². The molecule has 0 aromatic heterocycles. The van der Waals surface area contributed by atoms with Gasteiger partial charge in [0, 0.05) is 13.1 Å². The van der Waals surface area contributed by atoms with Gasteiger partial charge in [-0.25, -0.2) is 0 Å². The predicted octanol–water partition coefficient (Wildman–Crippen LogP) is -1.41. The monoisotopic (exact) mass is 112 g/mol. The molecule has 0 aromatic carbocycles. The van der Waals surface area contributed by atoms with E-state index in [0.29, 0.717) is 13.1 Å². The molecule has 0 radical (unpaired) electrons. The number of rotatable bonds is 1. The second-order valence-electron chi connectivity index (χ2n) is 0.577. The summed E-state index contributed by atoms with van der Waals surface area (Å²) in [6, 6.07) is 0. The Labute approximate surface area is 76.3 Å². The first-order valence-electron chi connectivity index (χ1n) is 1.32. The number of nitrogens with two attached hydrogens (primary N) is 2. The molecule has 6 heavy (non-hydrogen) atoms. The summed E-state index contributed by atoms with van der Waals surface area (Å²) in [5.74, 6) is 0. The summed E-state index contributed by atoms with van der Waals surface area (Å²) in [6.07, 6.45) is 0. The van der Waals surface area contributed by atoms with Crippen molar-refractivity contribution in [2.45, 2.75) is 0 Å². The van der Waals surface area contributed by atoms with Crippen molar-refractivity contribution in [3.05, 3.63) is 0 Å². The van der Waals surface area contributed by atoms with Gasteiger partial charge in [-0.3, -0.25) is 0 Å². The van der Waals surface area contributed by atoms with Gasteiger partial charge in [0.1, 0.15) is 0 Å². The Hall–Kier alpha value is 1.45. The van der Waals surface area contributed by atoms with Crippen LogP contribution in [-0.4, -0.2) is 59.2 Å². The second-order valence-corrected chi connectivity index (χ2v) is 0.577. The first-order valence-corrected chi connectivity index (χ1v) is 1.32. The Morgan fingerprint density at radius 3 is 1.17 bits per heavy atom. The topological polar surface area (TPSA) is 52.0 Å². The first-order chi connectivity index (χ1) is 1.91. The average Bonchev–Trinajstić information content (AvgIpc) is 1.37. The molecule has 0 fully saturated rings. The van der Waals surface area contributed by atoms with Crippen LogP contribution in [-0.2, 0) is 0 Å². The van der Waals surface area contributed by atoms with Crippen molar-refractivity contribution < 1.29 is 5.71 Å². The molecule has 0 aromatic rings. The zero-order chi connectivity index (χ0) is 3.41. The smallest absolute Gasteiger partial charge is 1.00 e. The third kappa shape index (κ3) is 18.0. The Balaban J connectivity index is -0.00000000300. The largest absolute Gasteiger partial charge is 2.00 e. The van der Waals surface area contributed by atoms with Crippen LogP contribution in [0.4, 0.5) is 0 Å². The molecule has 0 heterocycles. The van der Waals surface area contributed by atoms with E-state index in [4.69, 9.17) is 11.5 Å². The van der Waals surface area contributed by atoms with Crippen LogP contribution in [0, 0.1) is 0 Å². The zero-order valence-electron chi connectivity index (χ0n) is 7.98. The minimum atomic E-state index is 0. The summed E-state index contributed by atoms with van der Waals surface area (Å²) in [6.45, 7) is 1.19. The fourth-order valence-electron chi connectivity index (χ4n) is 0. The molecule has 0 aliphatic rings. The van der Waals surface area contributed by atoms with E-state index in [1.54, 1.807) is 0 Å². The molecule has 0 aliphatic carbocycles. The van der Waals surface area contributed by atoms with E-state index < -0.39 is 0 Å². The van der Waals surface area contributed by atoms with E-state index >= 15 is 0 Å². The molecular formula is C2H12Mg2N2. The second kappa shape index (κ2) is 16.1. The molecule has 34 valence electrons. The van der Waals surface area contributed by atoms with Gasteiger partial charge in [-0.05, 0) is 0 Å². The zero-order valence-corrected chi connectivity index (χ0v) is 6.81. The molecule has 0 atom stereocenters. The fourth-order valence-corrected chi connectivity index (χ4v) is 0. The van der Waals surface area contributed by atoms with Gasteiger partial charge in [-0.15, -0.1) is 0 Å². The summed E-state index contributed by atoms with van der Waals surface area (Å²) in [5, 5.41) is 0. The molecule has 0 saturated heterocycles. The Morgan fingerprint density at radius 2 is 1.17 bits per heavy atom. The minimum absolute atomic E-state index is 0. The van der Waals surface area contributed by atoms with E-state index in [2.05, 4.69) is 0 Å². The van der Waals surface area contributed by atoms with Crippen LogP contribution in [0.15, 0.2) is 0 Å². The van der Waals surface area contributed by atoms with Gasteiger partial charge >= 0.3 is 46.1 Å². The van der Waals surface area contributed by atoms with Crippen molar-refractivity contribution in [2.75, 3.05) is 13.1 Å². The van der Waals surface area contributed by atoms with Crippen molar-refractivity contribution in [2.24, 2.45) is 11.5 Å². The van der Waals surface area contributed by atoms with E-state index in [-0.39, 0.29) is 51.8 Å². The van der Waals surface area contributed by atoms with Gasteiger partial charge in [0.2, 0.25) is 0 Å². The average molecular weight is 113 g/mol. The molecule has 0 unspecified atom stereocenters. The SMILES string of the molecule is NCCN.[H-].[H-].[H-].[H-].[Mg+2].[Mg+2]. The number of hydrogen-bond donors (Lipinski definition) is 2. The Kier molecular flexibility index (Phi) is 42.0. The van der Waals surface area contributed by atoms with Gasteiger partial charge in [0.15, 0.2) is 0 Å². The number of hydrogen-bond acceptors (Lipinski definition) is 2. The predicted molar refractivity (Wildman–Crippen MR) is 34.1 cm³/mol. The molecule has 0 bridgehead atoms.